The fourth-order valence-corrected chi connectivity index (χ4v) is 1.29. The number of hydrogen-bond acceptors (Lipinski definition) is 2. The summed E-state index contributed by atoms with van der Waals surface area (Å²) in [4.78, 5) is 11.6. The molecule has 15 heavy (non-hydrogen) atoms. The lowest BCUT2D eigenvalue weighted by molar-refractivity contribution is -0.121. The van der Waals surface area contributed by atoms with Gasteiger partial charge in [0.1, 0.15) is 6.54 Å². The summed E-state index contributed by atoms with van der Waals surface area (Å²) in [6.45, 7) is 3.65. The van der Waals surface area contributed by atoms with Gasteiger partial charge < -0.3 is 5.32 Å². The summed E-state index contributed by atoms with van der Waals surface area (Å²) in [5.74, 6) is -0.586. The van der Waals surface area contributed by atoms with Crippen molar-refractivity contribution < 1.29 is 4.79 Å². The minimum absolute atomic E-state index is 0.0238. The molecule has 0 fully saturated rings. The van der Waals surface area contributed by atoms with E-state index in [1.807, 2.05) is 36.4 Å². The first-order valence-corrected chi connectivity index (χ1v) is 4.61. The predicted molar refractivity (Wildman–Crippen MR) is 58.0 cm³/mol. The average molecular weight is 200 g/mol. The maximum absolute atomic E-state index is 11.6. The van der Waals surface area contributed by atoms with Crippen LogP contribution in [0.1, 0.15) is 11.5 Å². The van der Waals surface area contributed by atoms with Gasteiger partial charge in [-0.3, -0.25) is 4.79 Å². The average Bonchev–Trinajstić information content (AvgIpc) is 2.29. The first-order chi connectivity index (χ1) is 7.29. The van der Waals surface area contributed by atoms with E-state index in [0.717, 1.165) is 5.56 Å². The first-order valence-electron chi connectivity index (χ1n) is 4.61. The van der Waals surface area contributed by atoms with E-state index >= 15 is 0 Å². The monoisotopic (exact) mass is 200 g/mol. The molecule has 0 aliphatic heterocycles. The van der Waals surface area contributed by atoms with Gasteiger partial charge >= 0.3 is 0 Å². The molecule has 1 aromatic carbocycles. The van der Waals surface area contributed by atoms with Gasteiger partial charge in [0, 0.05) is 0 Å². The summed E-state index contributed by atoms with van der Waals surface area (Å²) in [5.41, 5.74) is 0.878. The zero-order valence-electron chi connectivity index (χ0n) is 8.31. The summed E-state index contributed by atoms with van der Waals surface area (Å²) in [6, 6.07) is 11.2. The van der Waals surface area contributed by atoms with E-state index in [4.69, 9.17) is 5.26 Å². The molecule has 0 heterocycles. The van der Waals surface area contributed by atoms with Crippen LogP contribution in [0.5, 0.6) is 0 Å². The molecule has 0 spiro atoms. The second-order valence-corrected chi connectivity index (χ2v) is 3.00. The van der Waals surface area contributed by atoms with Gasteiger partial charge in [0.25, 0.3) is 0 Å². The zero-order valence-corrected chi connectivity index (χ0v) is 8.31. The Morgan fingerprint density at radius 1 is 1.53 bits per heavy atom. The Hall–Kier alpha value is -2.08. The van der Waals surface area contributed by atoms with E-state index in [2.05, 4.69) is 11.9 Å². The lowest BCUT2D eigenvalue weighted by Gasteiger charge is -2.11. The summed E-state index contributed by atoms with van der Waals surface area (Å²) < 4.78 is 0. The summed E-state index contributed by atoms with van der Waals surface area (Å²) in [7, 11) is 0. The molecule has 0 saturated heterocycles. The number of benzene rings is 1. The summed E-state index contributed by atoms with van der Waals surface area (Å²) in [5, 5.41) is 10.9. The third kappa shape index (κ3) is 2.96. The van der Waals surface area contributed by atoms with Gasteiger partial charge in [-0.2, -0.15) is 5.26 Å². The van der Waals surface area contributed by atoms with Crippen LogP contribution in [-0.4, -0.2) is 12.5 Å². The van der Waals surface area contributed by atoms with Gasteiger partial charge in [-0.25, -0.2) is 0 Å². The number of hydrogen-bond donors (Lipinski definition) is 1. The summed E-state index contributed by atoms with van der Waals surface area (Å²) >= 11 is 0. The molecule has 1 amide bonds. The van der Waals surface area contributed by atoms with Crippen molar-refractivity contribution in [2.75, 3.05) is 6.54 Å². The van der Waals surface area contributed by atoms with Gasteiger partial charge in [0.15, 0.2) is 0 Å². The van der Waals surface area contributed by atoms with Crippen LogP contribution < -0.4 is 5.32 Å². The number of nitrogens with one attached hydrogen (secondary N) is 1. The van der Waals surface area contributed by atoms with Crippen LogP contribution in [0.25, 0.3) is 0 Å². The van der Waals surface area contributed by atoms with E-state index in [1.165, 1.54) is 0 Å². The Kier molecular flexibility index (Phi) is 4.11. The molecular weight excluding hydrogens is 188 g/mol. The van der Waals surface area contributed by atoms with Crippen molar-refractivity contribution >= 4 is 5.91 Å². The number of rotatable bonds is 4. The molecular formula is C12H12N2O. The molecule has 0 bridgehead atoms. The molecule has 0 aliphatic carbocycles. The Morgan fingerprint density at radius 3 is 2.73 bits per heavy atom. The topological polar surface area (TPSA) is 52.9 Å². The highest BCUT2D eigenvalue weighted by Gasteiger charge is 2.15. The fourth-order valence-electron chi connectivity index (χ4n) is 1.29. The van der Waals surface area contributed by atoms with Gasteiger partial charge in [-0.1, -0.05) is 36.4 Å². The highest BCUT2D eigenvalue weighted by Crippen LogP contribution is 2.16. The molecule has 0 saturated carbocycles. The molecule has 1 rings (SSSR count). The molecule has 3 nitrogen and oxygen atoms in total. The van der Waals surface area contributed by atoms with E-state index in [9.17, 15) is 4.79 Å². The molecule has 3 heteroatoms. The zero-order chi connectivity index (χ0) is 11.1. The third-order valence-corrected chi connectivity index (χ3v) is 2.02. The normalized spacial score (nSPS) is 11.1. The Morgan fingerprint density at radius 2 is 2.20 bits per heavy atom. The standard InChI is InChI=1S/C12H12N2O/c1-2-11(12(15)14-9-8-13)10-6-4-3-5-7-10/h2-7,11H,1,9H2,(H,14,15)/t11-/m0/s1. The lowest BCUT2D eigenvalue weighted by Crippen LogP contribution is -2.28. The first kappa shape index (κ1) is 11.0. The van der Waals surface area contributed by atoms with E-state index in [0.29, 0.717) is 0 Å². The van der Waals surface area contributed by atoms with Crippen molar-refractivity contribution in [2.24, 2.45) is 0 Å². The van der Waals surface area contributed by atoms with E-state index in [-0.39, 0.29) is 18.4 Å². The molecule has 76 valence electrons. The van der Waals surface area contributed by atoms with Crippen LogP contribution in [0.3, 0.4) is 0 Å². The number of amides is 1. The second kappa shape index (κ2) is 5.61. The number of nitriles is 1. The smallest absolute Gasteiger partial charge is 0.232 e. The van der Waals surface area contributed by atoms with Crippen LogP contribution >= 0.6 is 0 Å². The SMILES string of the molecule is C=C[C@H](C(=O)NCC#N)c1ccccc1. The molecule has 0 aliphatic rings. The maximum atomic E-state index is 11.6. The minimum Gasteiger partial charge on any atom is -0.342 e. The largest absolute Gasteiger partial charge is 0.342 e. The van der Waals surface area contributed by atoms with Gasteiger partial charge in [0.2, 0.25) is 5.91 Å². The Bertz CT molecular complexity index is 378. The Labute approximate surface area is 89.0 Å². The molecule has 0 radical (unpaired) electrons. The second-order valence-electron chi connectivity index (χ2n) is 3.00. The lowest BCUT2D eigenvalue weighted by atomic mass is 9.98. The van der Waals surface area contributed by atoms with Gasteiger partial charge in [0.05, 0.1) is 12.0 Å². The van der Waals surface area contributed by atoms with Crippen molar-refractivity contribution in [3.63, 3.8) is 0 Å². The highest BCUT2D eigenvalue weighted by atomic mass is 16.1. The molecule has 0 unspecified atom stereocenters. The minimum atomic E-state index is -0.389. The highest BCUT2D eigenvalue weighted by molar-refractivity contribution is 5.85. The van der Waals surface area contributed by atoms with Gasteiger partial charge in [-0.15, -0.1) is 6.58 Å². The van der Waals surface area contributed by atoms with Crippen LogP contribution in [0, 0.1) is 11.3 Å². The predicted octanol–water partition coefficient (Wildman–Crippen LogP) is 1.60. The van der Waals surface area contributed by atoms with Crippen LogP contribution in [0.2, 0.25) is 0 Å². The molecule has 1 N–H and O–H groups in total. The number of carbonyl (C=O) groups excluding carboxylic acids is 1. The quantitative estimate of drug-likeness (QED) is 0.592. The number of carbonyl (C=O) groups is 1. The van der Waals surface area contributed by atoms with E-state index < -0.39 is 0 Å². The molecule has 1 aromatic rings. The molecule has 0 aromatic heterocycles. The van der Waals surface area contributed by atoms with Crippen molar-refractivity contribution in [3.8, 4) is 6.07 Å². The maximum Gasteiger partial charge on any atom is 0.232 e. The van der Waals surface area contributed by atoms with E-state index in [1.54, 1.807) is 6.08 Å². The van der Waals surface area contributed by atoms with Crippen LogP contribution in [-0.2, 0) is 4.79 Å². The van der Waals surface area contributed by atoms with Crippen LogP contribution in [0.15, 0.2) is 43.0 Å². The van der Waals surface area contributed by atoms with Crippen LogP contribution in [0.4, 0.5) is 0 Å². The van der Waals surface area contributed by atoms with Crippen molar-refractivity contribution in [1.29, 1.82) is 5.26 Å². The summed E-state index contributed by atoms with van der Waals surface area (Å²) in [6.07, 6.45) is 1.57. The molecule has 1 atom stereocenters. The van der Waals surface area contributed by atoms with Gasteiger partial charge in [-0.05, 0) is 5.56 Å². The fraction of sp³-hybridized carbons (Fsp3) is 0.167. The van der Waals surface area contributed by atoms with Crippen molar-refractivity contribution in [2.45, 2.75) is 5.92 Å². The third-order valence-electron chi connectivity index (χ3n) is 2.02. The van der Waals surface area contributed by atoms with Crippen molar-refractivity contribution in [1.82, 2.24) is 5.32 Å². The number of nitrogens with zero attached hydrogens (tertiary/aromatic N) is 1. The Balaban J connectivity index is 2.77. The van der Waals surface area contributed by atoms with Crippen molar-refractivity contribution in [3.05, 3.63) is 48.6 Å².